The van der Waals surface area contributed by atoms with Gasteiger partial charge in [-0.05, 0) is 61.5 Å². The molecule has 1 unspecified atom stereocenters. The molecule has 6 nitrogen and oxygen atoms in total. The van der Waals surface area contributed by atoms with E-state index in [4.69, 9.17) is 21.7 Å². The second-order valence-corrected chi connectivity index (χ2v) is 8.35. The fraction of sp³-hybridized carbons (Fsp3) is 0.545. The number of thiocarbonyl (C=S) groups is 1. The number of aromatic nitrogens is 1. The number of hydrogen-bond acceptors (Lipinski definition) is 4. The quantitative estimate of drug-likeness (QED) is 0.706. The van der Waals surface area contributed by atoms with Crippen LogP contribution < -0.4 is 15.6 Å². The molecule has 1 atom stereocenters. The molecule has 2 aromatic rings. The van der Waals surface area contributed by atoms with Crippen molar-refractivity contribution < 1.29 is 9.47 Å². The summed E-state index contributed by atoms with van der Waals surface area (Å²) in [6.45, 7) is 2.08. The number of benzene rings is 1. The van der Waals surface area contributed by atoms with Gasteiger partial charge in [-0.25, -0.2) is 0 Å². The van der Waals surface area contributed by atoms with Crippen LogP contribution in [-0.2, 0) is 11.3 Å². The lowest BCUT2D eigenvalue weighted by Gasteiger charge is -2.32. The molecule has 2 N–H and O–H groups in total. The monoisotopic (exact) mass is 415 g/mol. The summed E-state index contributed by atoms with van der Waals surface area (Å²) in [5, 5.41) is 5.11. The summed E-state index contributed by atoms with van der Waals surface area (Å²) in [4.78, 5) is 18.0. The summed E-state index contributed by atoms with van der Waals surface area (Å²) in [6, 6.07) is 8.08. The third-order valence-corrected chi connectivity index (χ3v) is 6.38. The van der Waals surface area contributed by atoms with Gasteiger partial charge in [0.2, 0.25) is 0 Å². The lowest BCUT2D eigenvalue weighted by Crippen LogP contribution is -2.47. The predicted molar refractivity (Wildman–Crippen MR) is 118 cm³/mol. The van der Waals surface area contributed by atoms with Crippen molar-refractivity contribution >= 4 is 28.2 Å². The van der Waals surface area contributed by atoms with E-state index in [1.165, 1.54) is 12.8 Å². The zero-order valence-corrected chi connectivity index (χ0v) is 17.7. The lowest BCUT2D eigenvalue weighted by molar-refractivity contribution is 0.113. The van der Waals surface area contributed by atoms with Crippen LogP contribution in [-0.4, -0.2) is 47.4 Å². The molecular formula is C22H29N3O3S. The Morgan fingerprint density at radius 2 is 2.10 bits per heavy atom. The SMILES string of the molecule is COc1ccc2cc(CN(C(=S)NCC3CCCO3)C3CCCC3)c(=O)[nH]c2c1. The van der Waals surface area contributed by atoms with Gasteiger partial charge in [-0.2, -0.15) is 0 Å². The van der Waals surface area contributed by atoms with Crippen LogP contribution in [0.15, 0.2) is 29.1 Å². The minimum absolute atomic E-state index is 0.0734. The molecule has 0 amide bonds. The fourth-order valence-electron chi connectivity index (χ4n) is 4.34. The van der Waals surface area contributed by atoms with Crippen LogP contribution >= 0.6 is 12.2 Å². The first-order valence-electron chi connectivity index (χ1n) is 10.5. The Hall–Kier alpha value is -2.12. The second-order valence-electron chi connectivity index (χ2n) is 7.96. The van der Waals surface area contributed by atoms with Crippen LogP contribution in [0, 0.1) is 0 Å². The van der Waals surface area contributed by atoms with Crippen LogP contribution in [0.4, 0.5) is 0 Å². The second kappa shape index (κ2) is 9.13. The van der Waals surface area contributed by atoms with Crippen LogP contribution in [0.1, 0.15) is 44.1 Å². The molecule has 2 aliphatic rings. The number of H-pyrrole nitrogens is 1. The first-order chi connectivity index (χ1) is 14.1. The number of hydrogen-bond donors (Lipinski definition) is 2. The Kier molecular flexibility index (Phi) is 6.35. The van der Waals surface area contributed by atoms with Crippen molar-refractivity contribution in [3.63, 3.8) is 0 Å². The van der Waals surface area contributed by atoms with Gasteiger partial charge in [0.15, 0.2) is 5.11 Å². The number of methoxy groups -OCH3 is 1. The molecule has 2 fully saturated rings. The van der Waals surface area contributed by atoms with E-state index in [-0.39, 0.29) is 11.7 Å². The number of nitrogens with one attached hydrogen (secondary N) is 2. The minimum atomic E-state index is -0.0734. The van der Waals surface area contributed by atoms with E-state index in [0.717, 1.165) is 66.2 Å². The highest BCUT2D eigenvalue weighted by molar-refractivity contribution is 7.80. The van der Waals surface area contributed by atoms with Crippen molar-refractivity contribution in [3.05, 3.63) is 40.2 Å². The topological polar surface area (TPSA) is 66.6 Å². The van der Waals surface area contributed by atoms with Crippen molar-refractivity contribution in [2.24, 2.45) is 0 Å². The average molecular weight is 416 g/mol. The van der Waals surface area contributed by atoms with Gasteiger partial charge in [0.05, 0.1) is 25.3 Å². The third-order valence-electron chi connectivity index (χ3n) is 6.00. The van der Waals surface area contributed by atoms with E-state index in [1.807, 2.05) is 24.3 Å². The van der Waals surface area contributed by atoms with Crippen molar-refractivity contribution in [2.75, 3.05) is 20.3 Å². The van der Waals surface area contributed by atoms with Crippen molar-refractivity contribution in [1.82, 2.24) is 15.2 Å². The van der Waals surface area contributed by atoms with E-state index in [2.05, 4.69) is 15.2 Å². The third kappa shape index (κ3) is 4.73. The standard InChI is InChI=1S/C22H29N3O3S/c1-27-18-9-8-15-11-16(21(26)24-20(15)12-18)14-25(17-5-2-3-6-17)22(29)23-13-19-7-4-10-28-19/h8-9,11-12,17,19H,2-7,10,13-14H2,1H3,(H,23,29)(H,24,26). The summed E-state index contributed by atoms with van der Waals surface area (Å²) in [6.07, 6.45) is 7.08. The molecule has 0 spiro atoms. The summed E-state index contributed by atoms with van der Waals surface area (Å²) in [5.41, 5.74) is 1.44. The summed E-state index contributed by atoms with van der Waals surface area (Å²) < 4.78 is 11.0. The van der Waals surface area contributed by atoms with E-state index in [0.29, 0.717) is 12.6 Å². The van der Waals surface area contributed by atoms with Gasteiger partial charge >= 0.3 is 0 Å². The van der Waals surface area contributed by atoms with Crippen LogP contribution in [0.2, 0.25) is 0 Å². The first kappa shape index (κ1) is 20.2. The van der Waals surface area contributed by atoms with Gasteiger partial charge in [-0.15, -0.1) is 0 Å². The predicted octanol–water partition coefficient (Wildman–Crippen LogP) is 3.33. The zero-order chi connectivity index (χ0) is 20.2. The highest BCUT2D eigenvalue weighted by Gasteiger charge is 2.26. The van der Waals surface area contributed by atoms with Gasteiger partial charge in [-0.1, -0.05) is 12.8 Å². The number of rotatable bonds is 6. The number of aromatic amines is 1. The molecule has 0 bridgehead atoms. The number of nitrogens with zero attached hydrogens (tertiary/aromatic N) is 1. The number of ether oxygens (including phenoxy) is 2. The molecule has 1 saturated heterocycles. The van der Waals surface area contributed by atoms with Crippen molar-refractivity contribution in [1.29, 1.82) is 0 Å². The number of fused-ring (bicyclic) bond motifs is 1. The van der Waals surface area contributed by atoms with Gasteiger partial charge in [0.1, 0.15) is 5.75 Å². The molecule has 1 aromatic carbocycles. The first-order valence-corrected chi connectivity index (χ1v) is 10.9. The highest BCUT2D eigenvalue weighted by atomic mass is 32.1. The zero-order valence-electron chi connectivity index (χ0n) is 16.9. The molecule has 4 rings (SSSR count). The summed E-state index contributed by atoms with van der Waals surface area (Å²) in [7, 11) is 1.62. The molecular weight excluding hydrogens is 386 g/mol. The smallest absolute Gasteiger partial charge is 0.253 e. The number of pyridine rings is 1. The minimum Gasteiger partial charge on any atom is -0.497 e. The maximum absolute atomic E-state index is 12.8. The molecule has 156 valence electrons. The van der Waals surface area contributed by atoms with Gasteiger partial charge in [0.25, 0.3) is 5.56 Å². The van der Waals surface area contributed by atoms with Gasteiger partial charge < -0.3 is 24.7 Å². The molecule has 29 heavy (non-hydrogen) atoms. The molecule has 1 aliphatic carbocycles. The lowest BCUT2D eigenvalue weighted by atomic mass is 10.1. The Balaban J connectivity index is 1.54. The fourth-order valence-corrected chi connectivity index (χ4v) is 4.64. The van der Waals surface area contributed by atoms with Crippen molar-refractivity contribution in [3.8, 4) is 5.75 Å². The average Bonchev–Trinajstić information content (AvgIpc) is 3.44. The maximum Gasteiger partial charge on any atom is 0.253 e. The Morgan fingerprint density at radius 3 is 2.83 bits per heavy atom. The normalized spacial score (nSPS) is 19.6. The molecule has 7 heteroatoms. The van der Waals surface area contributed by atoms with E-state index in [9.17, 15) is 4.79 Å². The largest absolute Gasteiger partial charge is 0.497 e. The summed E-state index contributed by atoms with van der Waals surface area (Å²) >= 11 is 5.75. The highest BCUT2D eigenvalue weighted by Crippen LogP contribution is 2.26. The molecule has 1 saturated carbocycles. The van der Waals surface area contributed by atoms with Gasteiger partial charge in [0, 0.05) is 30.8 Å². The Bertz CT molecular complexity index is 917. The molecule has 0 radical (unpaired) electrons. The van der Waals surface area contributed by atoms with Crippen molar-refractivity contribution in [2.45, 2.75) is 57.2 Å². The van der Waals surface area contributed by atoms with Crippen LogP contribution in [0.5, 0.6) is 5.75 Å². The van der Waals surface area contributed by atoms with E-state index >= 15 is 0 Å². The van der Waals surface area contributed by atoms with E-state index < -0.39 is 0 Å². The van der Waals surface area contributed by atoms with Gasteiger partial charge in [-0.3, -0.25) is 4.79 Å². The Morgan fingerprint density at radius 1 is 1.28 bits per heavy atom. The molecule has 1 aliphatic heterocycles. The van der Waals surface area contributed by atoms with Crippen LogP contribution in [0.25, 0.3) is 10.9 Å². The Labute approximate surface area is 176 Å². The van der Waals surface area contributed by atoms with E-state index in [1.54, 1.807) is 7.11 Å². The molecule has 2 heterocycles. The van der Waals surface area contributed by atoms with Crippen LogP contribution in [0.3, 0.4) is 0 Å². The summed E-state index contributed by atoms with van der Waals surface area (Å²) in [5.74, 6) is 0.730. The maximum atomic E-state index is 12.8. The molecule has 1 aromatic heterocycles.